The van der Waals surface area contributed by atoms with Gasteiger partial charge in [0.2, 0.25) is 5.91 Å². The second-order valence-corrected chi connectivity index (χ2v) is 9.59. The van der Waals surface area contributed by atoms with E-state index in [1.807, 2.05) is 0 Å². The van der Waals surface area contributed by atoms with Crippen molar-refractivity contribution < 1.29 is 26.4 Å². The summed E-state index contributed by atoms with van der Waals surface area (Å²) < 4.78 is 66.7. The van der Waals surface area contributed by atoms with Gasteiger partial charge in [-0.1, -0.05) is 53.5 Å². The summed E-state index contributed by atoms with van der Waals surface area (Å²) in [5, 5.41) is 3.24. The van der Waals surface area contributed by atoms with Crippen molar-refractivity contribution in [3.05, 3.63) is 94.0 Å². The van der Waals surface area contributed by atoms with Gasteiger partial charge in [0, 0.05) is 16.6 Å². The number of alkyl halides is 3. The number of amides is 1. The van der Waals surface area contributed by atoms with Gasteiger partial charge >= 0.3 is 6.18 Å². The number of rotatable bonds is 7. The summed E-state index contributed by atoms with van der Waals surface area (Å²) in [6, 6.07) is 15.6. The Kier molecular flexibility index (Phi) is 7.56. The maximum atomic E-state index is 13.2. The maximum absolute atomic E-state index is 13.2. The molecule has 0 atom stereocenters. The van der Waals surface area contributed by atoms with Crippen LogP contribution < -0.4 is 9.62 Å². The third kappa shape index (κ3) is 6.19. The first-order chi connectivity index (χ1) is 15.5. The second kappa shape index (κ2) is 10.0. The minimum absolute atomic E-state index is 0.0311. The molecule has 0 unspecified atom stereocenters. The number of nitrogens with one attached hydrogen (secondary N) is 1. The van der Waals surface area contributed by atoms with Crippen molar-refractivity contribution in [2.24, 2.45) is 0 Å². The Balaban J connectivity index is 1.91. The topological polar surface area (TPSA) is 66.5 Å². The predicted molar refractivity (Wildman–Crippen MR) is 121 cm³/mol. The van der Waals surface area contributed by atoms with E-state index in [1.54, 1.807) is 18.2 Å². The number of anilines is 1. The lowest BCUT2D eigenvalue weighted by Gasteiger charge is -2.25. The first-order valence-electron chi connectivity index (χ1n) is 9.44. The monoisotopic (exact) mass is 516 g/mol. The molecule has 174 valence electrons. The minimum atomic E-state index is -4.69. The number of nitrogens with zero attached hydrogens (tertiary/aromatic N) is 1. The van der Waals surface area contributed by atoms with Gasteiger partial charge in [-0.2, -0.15) is 13.2 Å². The summed E-state index contributed by atoms with van der Waals surface area (Å²) in [7, 11) is -4.35. The van der Waals surface area contributed by atoms with Gasteiger partial charge in [-0.3, -0.25) is 9.10 Å². The Hall–Kier alpha value is -2.75. The van der Waals surface area contributed by atoms with Crippen molar-refractivity contribution in [1.82, 2.24) is 5.32 Å². The summed E-state index contributed by atoms with van der Waals surface area (Å²) in [6.45, 7) is -0.777. The van der Waals surface area contributed by atoms with E-state index in [9.17, 15) is 26.4 Å². The number of carbonyl (C=O) groups is 1. The van der Waals surface area contributed by atoms with E-state index in [1.165, 1.54) is 36.4 Å². The Morgan fingerprint density at radius 1 is 0.939 bits per heavy atom. The van der Waals surface area contributed by atoms with Crippen LogP contribution >= 0.6 is 23.2 Å². The molecule has 1 amide bonds. The molecule has 0 heterocycles. The number of halogens is 5. The fourth-order valence-electron chi connectivity index (χ4n) is 2.92. The number of hydrogen-bond donors (Lipinski definition) is 1. The van der Waals surface area contributed by atoms with E-state index in [-0.39, 0.29) is 17.1 Å². The smallest absolute Gasteiger partial charge is 0.350 e. The first-order valence-corrected chi connectivity index (χ1v) is 11.6. The van der Waals surface area contributed by atoms with E-state index in [4.69, 9.17) is 23.2 Å². The van der Waals surface area contributed by atoms with Crippen molar-refractivity contribution in [1.29, 1.82) is 0 Å². The molecule has 3 aromatic carbocycles. The Morgan fingerprint density at radius 2 is 1.64 bits per heavy atom. The molecule has 3 rings (SSSR count). The molecule has 0 radical (unpaired) electrons. The van der Waals surface area contributed by atoms with E-state index < -0.39 is 34.2 Å². The molecule has 0 aromatic heterocycles. The van der Waals surface area contributed by atoms with Crippen LogP contribution in [0.1, 0.15) is 11.1 Å². The van der Waals surface area contributed by atoms with Gasteiger partial charge in [0.15, 0.2) is 0 Å². The normalized spacial score (nSPS) is 11.8. The van der Waals surface area contributed by atoms with E-state index in [0.29, 0.717) is 26.0 Å². The van der Waals surface area contributed by atoms with Gasteiger partial charge in [-0.05, 0) is 48.0 Å². The number of hydrogen-bond acceptors (Lipinski definition) is 3. The predicted octanol–water partition coefficient (Wildman–Crippen LogP) is 5.52. The van der Waals surface area contributed by atoms with Crippen LogP contribution in [0.2, 0.25) is 10.0 Å². The summed E-state index contributed by atoms with van der Waals surface area (Å²) >= 11 is 11.9. The Labute approximate surface area is 198 Å². The van der Waals surface area contributed by atoms with Gasteiger partial charge < -0.3 is 5.32 Å². The highest BCUT2D eigenvalue weighted by molar-refractivity contribution is 7.92. The second-order valence-electron chi connectivity index (χ2n) is 6.89. The van der Waals surface area contributed by atoms with Gasteiger partial charge in [-0.15, -0.1) is 0 Å². The highest BCUT2D eigenvalue weighted by Gasteiger charge is 2.33. The van der Waals surface area contributed by atoms with Crippen LogP contribution in [0.4, 0.5) is 18.9 Å². The lowest BCUT2D eigenvalue weighted by Crippen LogP contribution is -2.40. The molecule has 0 bridgehead atoms. The summed E-state index contributed by atoms with van der Waals surface area (Å²) in [5.74, 6) is -0.738. The number of benzene rings is 3. The summed E-state index contributed by atoms with van der Waals surface area (Å²) in [6.07, 6.45) is -4.69. The fourth-order valence-corrected chi connectivity index (χ4v) is 4.83. The summed E-state index contributed by atoms with van der Waals surface area (Å²) in [5.41, 5.74) is -0.805. The molecule has 0 saturated carbocycles. The Bertz CT molecular complexity index is 1250. The molecule has 0 fully saturated rings. The quantitative estimate of drug-likeness (QED) is 0.449. The van der Waals surface area contributed by atoms with Crippen molar-refractivity contribution in [3.63, 3.8) is 0 Å². The molecular weight excluding hydrogens is 500 g/mol. The first kappa shape index (κ1) is 24.9. The van der Waals surface area contributed by atoms with Crippen LogP contribution in [0.15, 0.2) is 77.7 Å². The number of sulfonamides is 1. The maximum Gasteiger partial charge on any atom is 0.416 e. The highest BCUT2D eigenvalue weighted by Crippen LogP contribution is 2.33. The highest BCUT2D eigenvalue weighted by atomic mass is 35.5. The SMILES string of the molecule is O=C(CN(c1cccc(C(F)(F)F)c1)S(=O)(=O)c1ccccc1)NCc1ccc(Cl)cc1Cl. The zero-order valence-corrected chi connectivity index (χ0v) is 19.1. The van der Waals surface area contributed by atoms with Crippen molar-refractivity contribution in [2.75, 3.05) is 10.8 Å². The third-order valence-electron chi connectivity index (χ3n) is 4.57. The van der Waals surface area contributed by atoms with Crippen LogP contribution in [0, 0.1) is 0 Å². The fraction of sp³-hybridized carbons (Fsp3) is 0.136. The van der Waals surface area contributed by atoms with Crippen LogP contribution in [-0.4, -0.2) is 20.9 Å². The van der Waals surface area contributed by atoms with Gasteiger partial charge in [0.25, 0.3) is 10.0 Å². The van der Waals surface area contributed by atoms with Crippen LogP contribution in [0.3, 0.4) is 0 Å². The molecule has 11 heteroatoms. The van der Waals surface area contributed by atoms with E-state index >= 15 is 0 Å². The average molecular weight is 517 g/mol. The van der Waals surface area contributed by atoms with Crippen molar-refractivity contribution in [3.8, 4) is 0 Å². The third-order valence-corrected chi connectivity index (χ3v) is 6.95. The molecule has 0 spiro atoms. The van der Waals surface area contributed by atoms with Gasteiger partial charge in [0.05, 0.1) is 16.1 Å². The molecule has 1 N–H and O–H groups in total. The average Bonchev–Trinajstić information content (AvgIpc) is 2.77. The minimum Gasteiger partial charge on any atom is -0.350 e. The zero-order chi connectivity index (χ0) is 24.2. The van der Waals surface area contributed by atoms with Gasteiger partial charge in [0.1, 0.15) is 6.54 Å². The lowest BCUT2D eigenvalue weighted by atomic mass is 10.2. The van der Waals surface area contributed by atoms with Gasteiger partial charge in [-0.25, -0.2) is 8.42 Å². The van der Waals surface area contributed by atoms with E-state index in [0.717, 1.165) is 12.1 Å². The molecule has 0 aliphatic rings. The van der Waals surface area contributed by atoms with Crippen LogP contribution in [0.25, 0.3) is 0 Å². The van der Waals surface area contributed by atoms with Crippen molar-refractivity contribution in [2.45, 2.75) is 17.6 Å². The molecule has 33 heavy (non-hydrogen) atoms. The molecule has 5 nitrogen and oxygen atoms in total. The molecular formula is C22H17Cl2F3N2O3S. The molecule has 0 saturated heterocycles. The summed E-state index contributed by atoms with van der Waals surface area (Å²) in [4.78, 5) is 12.5. The number of carbonyl (C=O) groups excluding carboxylic acids is 1. The standard InChI is InChI=1S/C22H17Cl2F3N2O3S/c23-17-10-9-15(20(24)12-17)13-28-21(30)14-29(33(31,32)19-7-2-1-3-8-19)18-6-4-5-16(11-18)22(25,26)27/h1-12H,13-14H2,(H,28,30). The van der Waals surface area contributed by atoms with E-state index in [2.05, 4.69) is 5.32 Å². The molecule has 0 aliphatic heterocycles. The largest absolute Gasteiger partial charge is 0.416 e. The molecule has 3 aromatic rings. The zero-order valence-electron chi connectivity index (χ0n) is 16.8. The van der Waals surface area contributed by atoms with Crippen molar-refractivity contribution >= 4 is 44.8 Å². The van der Waals surface area contributed by atoms with Crippen LogP contribution in [0.5, 0.6) is 0 Å². The molecule has 0 aliphatic carbocycles. The lowest BCUT2D eigenvalue weighted by molar-refractivity contribution is -0.137. The van der Waals surface area contributed by atoms with Crippen LogP contribution in [-0.2, 0) is 27.5 Å². The Morgan fingerprint density at radius 3 is 2.27 bits per heavy atom.